The topological polar surface area (TPSA) is 0 Å². The van der Waals surface area contributed by atoms with Crippen LogP contribution in [0.3, 0.4) is 0 Å². The average molecular weight is 660 g/mol. The zero-order chi connectivity index (χ0) is 27.0. The zero-order valence-electron chi connectivity index (χ0n) is 26.0. The molecular weight excluding hydrogens is 615 g/mol. The SMILES string of the molecule is CC(C)c1cccc([Si](c2cccc(C(C)C)c2)(c2cccc(C(C)C)c2)[c-]2ccc(C(C)(C)C)c2)c1.[Cl-].[Cl-].[Cl-].[Ti+4]. The van der Waals surface area contributed by atoms with E-state index >= 15 is 0 Å². The molecule has 4 rings (SSSR count). The van der Waals surface area contributed by atoms with E-state index in [4.69, 9.17) is 0 Å². The van der Waals surface area contributed by atoms with Crippen LogP contribution in [0.25, 0.3) is 0 Å². The summed E-state index contributed by atoms with van der Waals surface area (Å²) in [5, 5.41) is 5.92. The minimum Gasteiger partial charge on any atom is -1.00 e. The van der Waals surface area contributed by atoms with Crippen LogP contribution in [0.1, 0.15) is 102 Å². The van der Waals surface area contributed by atoms with Crippen LogP contribution < -0.4 is 58.0 Å². The Morgan fingerprint density at radius 2 is 0.902 bits per heavy atom. The van der Waals surface area contributed by atoms with Gasteiger partial charge in [-0.2, -0.15) is 17.7 Å². The molecule has 4 aromatic carbocycles. The zero-order valence-corrected chi connectivity index (χ0v) is 30.9. The fourth-order valence-electron chi connectivity index (χ4n) is 5.54. The van der Waals surface area contributed by atoms with E-state index in [-0.39, 0.29) is 64.4 Å². The Morgan fingerprint density at radius 1 is 0.561 bits per heavy atom. The maximum atomic E-state index is 2.53. The molecule has 0 amide bonds. The van der Waals surface area contributed by atoms with Gasteiger partial charge in [-0.05, 0) is 34.4 Å². The van der Waals surface area contributed by atoms with Crippen molar-refractivity contribution in [2.75, 3.05) is 0 Å². The summed E-state index contributed by atoms with van der Waals surface area (Å²) in [7, 11) is -2.59. The predicted octanol–water partition coefficient (Wildman–Crippen LogP) is -1.54. The molecule has 0 fully saturated rings. The summed E-state index contributed by atoms with van der Waals surface area (Å²) in [6.07, 6.45) is 0. The Kier molecular flexibility index (Phi) is 15.6. The first-order valence-electron chi connectivity index (χ1n) is 14.0. The first-order valence-corrected chi connectivity index (χ1v) is 16.0. The molecular formula is C36H45Cl3SiTi. The molecule has 0 aromatic heterocycles. The molecule has 0 spiro atoms. The summed E-state index contributed by atoms with van der Waals surface area (Å²) >= 11 is 0. The summed E-state index contributed by atoms with van der Waals surface area (Å²) in [6.45, 7) is 20.8. The van der Waals surface area contributed by atoms with Gasteiger partial charge in [0, 0.05) is 0 Å². The average Bonchev–Trinajstić information content (AvgIpc) is 3.36. The van der Waals surface area contributed by atoms with Gasteiger partial charge in [0.15, 0.2) is 0 Å². The maximum absolute atomic E-state index is 2.59. The summed E-state index contributed by atoms with van der Waals surface area (Å²) in [5.74, 6) is 1.46. The Bertz CT molecular complexity index is 1240. The molecule has 0 radical (unpaired) electrons. The summed E-state index contributed by atoms with van der Waals surface area (Å²) in [6, 6.07) is 35.9. The van der Waals surface area contributed by atoms with Crippen molar-refractivity contribution in [2.24, 2.45) is 0 Å². The van der Waals surface area contributed by atoms with Crippen molar-refractivity contribution in [1.29, 1.82) is 0 Å². The van der Waals surface area contributed by atoms with Crippen molar-refractivity contribution in [3.63, 3.8) is 0 Å². The first kappa shape index (κ1) is 39.8. The van der Waals surface area contributed by atoms with Crippen LogP contribution in [0.5, 0.6) is 0 Å². The fourth-order valence-corrected chi connectivity index (χ4v) is 10.4. The molecule has 5 heteroatoms. The van der Waals surface area contributed by atoms with Gasteiger partial charge in [-0.15, -0.1) is 5.19 Å². The third-order valence-electron chi connectivity index (χ3n) is 8.01. The number of rotatable bonds is 7. The molecule has 0 unspecified atom stereocenters. The normalized spacial score (nSPS) is 11.4. The van der Waals surface area contributed by atoms with E-state index in [0.29, 0.717) is 17.8 Å². The Balaban J connectivity index is 0.00000400. The van der Waals surface area contributed by atoms with Crippen LogP contribution in [0, 0.1) is 0 Å². The monoisotopic (exact) mass is 658 g/mol. The smallest absolute Gasteiger partial charge is 1.00 e. The van der Waals surface area contributed by atoms with E-state index in [1.807, 2.05) is 0 Å². The van der Waals surface area contributed by atoms with E-state index in [0.717, 1.165) is 0 Å². The summed E-state index contributed by atoms with van der Waals surface area (Å²) < 4.78 is 0. The number of halogens is 3. The molecule has 4 aromatic rings. The second kappa shape index (κ2) is 16.0. The fraction of sp³-hybridized carbons (Fsp3) is 0.361. The van der Waals surface area contributed by atoms with Gasteiger partial charge in [0.25, 0.3) is 0 Å². The van der Waals surface area contributed by atoms with E-state index in [9.17, 15) is 0 Å². The van der Waals surface area contributed by atoms with Crippen molar-refractivity contribution in [3.8, 4) is 0 Å². The second-order valence-electron chi connectivity index (χ2n) is 12.7. The van der Waals surface area contributed by atoms with Gasteiger partial charge in [-0.1, -0.05) is 156 Å². The van der Waals surface area contributed by atoms with Crippen LogP contribution >= 0.6 is 0 Å². The standard InChI is InChI=1S/C36H45Si.3ClH.Ti/c1-25(2)28-13-10-16-32(21-28)37(33-17-11-14-29(22-33)26(3)4,34-18-12-15-30(23-34)27(5)6)35-20-19-31(24-35)36(7,8)9;;;;/h10-27H,1-9H3;3*1H;/q-1;;;;+4/p-3. The van der Waals surface area contributed by atoms with Gasteiger partial charge in [0.05, 0.1) is 0 Å². The molecule has 0 nitrogen and oxygen atoms in total. The number of hydrogen-bond donors (Lipinski definition) is 0. The minimum atomic E-state index is -2.59. The molecule has 0 saturated carbocycles. The predicted molar refractivity (Wildman–Crippen MR) is 167 cm³/mol. The second-order valence-corrected chi connectivity index (χ2v) is 16.5. The van der Waals surface area contributed by atoms with Crippen molar-refractivity contribution in [3.05, 3.63) is 113 Å². The molecule has 0 atom stereocenters. The molecule has 218 valence electrons. The first-order chi connectivity index (χ1) is 17.4. The van der Waals surface area contributed by atoms with Gasteiger partial charge in [-0.25, -0.2) is 6.07 Å². The molecule has 41 heavy (non-hydrogen) atoms. The van der Waals surface area contributed by atoms with Gasteiger partial charge in [0.2, 0.25) is 0 Å². The van der Waals surface area contributed by atoms with Gasteiger partial charge in [-0.3, -0.25) is 0 Å². The van der Waals surface area contributed by atoms with Crippen molar-refractivity contribution < 1.29 is 58.9 Å². The molecule has 0 aliphatic heterocycles. The van der Waals surface area contributed by atoms with Crippen molar-refractivity contribution in [1.82, 2.24) is 0 Å². The Morgan fingerprint density at radius 3 is 1.17 bits per heavy atom. The van der Waals surface area contributed by atoms with Gasteiger partial charge in [0.1, 0.15) is 8.07 Å². The summed E-state index contributed by atoms with van der Waals surface area (Å²) in [5.41, 5.74) is 5.77. The van der Waals surface area contributed by atoms with E-state index in [1.54, 1.807) is 0 Å². The third-order valence-corrected chi connectivity index (χ3v) is 12.7. The molecule has 0 bridgehead atoms. The number of hydrogen-bond acceptors (Lipinski definition) is 0. The molecule has 0 saturated heterocycles. The van der Waals surface area contributed by atoms with E-state index < -0.39 is 8.07 Å². The van der Waals surface area contributed by atoms with E-state index in [2.05, 4.69) is 153 Å². The van der Waals surface area contributed by atoms with Crippen LogP contribution in [0.2, 0.25) is 0 Å². The quantitative estimate of drug-likeness (QED) is 0.128. The molecule has 0 aliphatic rings. The van der Waals surface area contributed by atoms with Crippen LogP contribution in [-0.2, 0) is 27.1 Å². The van der Waals surface area contributed by atoms with Crippen LogP contribution in [0.4, 0.5) is 0 Å². The summed E-state index contributed by atoms with van der Waals surface area (Å²) in [4.78, 5) is 0. The Labute approximate surface area is 284 Å². The van der Waals surface area contributed by atoms with Gasteiger partial charge >= 0.3 is 21.7 Å². The molecule has 0 N–H and O–H groups in total. The van der Waals surface area contributed by atoms with Crippen LogP contribution in [0.15, 0.2) is 91.0 Å². The largest absolute Gasteiger partial charge is 4.00 e. The third kappa shape index (κ3) is 8.26. The van der Waals surface area contributed by atoms with E-state index in [1.165, 1.54) is 43.0 Å². The van der Waals surface area contributed by atoms with Crippen molar-refractivity contribution >= 4 is 28.8 Å². The Hall–Kier alpha value is -1.19. The van der Waals surface area contributed by atoms with Crippen LogP contribution in [-0.4, -0.2) is 8.07 Å². The minimum absolute atomic E-state index is 0. The maximum Gasteiger partial charge on any atom is 4.00 e. The number of benzene rings is 3. The molecule has 0 aliphatic carbocycles. The molecule has 0 heterocycles. The van der Waals surface area contributed by atoms with Gasteiger partial charge < -0.3 is 37.2 Å². The van der Waals surface area contributed by atoms with Crippen molar-refractivity contribution in [2.45, 2.75) is 85.5 Å².